The highest BCUT2D eigenvalue weighted by Crippen LogP contribution is 2.08. The Hall–Kier alpha value is -1.16. The minimum atomic E-state index is -0.746. The Balaban J connectivity index is 2.35. The van der Waals surface area contributed by atoms with Crippen molar-refractivity contribution in [3.8, 4) is 0 Å². The summed E-state index contributed by atoms with van der Waals surface area (Å²) in [7, 11) is 0. The zero-order valence-corrected chi connectivity index (χ0v) is 9.77. The predicted molar refractivity (Wildman–Crippen MR) is 62.5 cm³/mol. The molecule has 15 heavy (non-hydrogen) atoms. The molecular weight excluding hydrogens is 258 g/mol. The molecule has 0 saturated heterocycles. The Morgan fingerprint density at radius 3 is 3.00 bits per heavy atom. The van der Waals surface area contributed by atoms with Gasteiger partial charge in [-0.25, -0.2) is 4.98 Å². The van der Waals surface area contributed by atoms with Crippen molar-refractivity contribution in [2.45, 2.75) is 19.3 Å². The zero-order chi connectivity index (χ0) is 11.1. The molecule has 0 fully saturated rings. The second-order valence-electron chi connectivity index (χ2n) is 3.07. The van der Waals surface area contributed by atoms with Gasteiger partial charge < -0.3 is 5.11 Å². The van der Waals surface area contributed by atoms with Crippen LogP contribution in [-0.2, 0) is 4.79 Å². The van der Waals surface area contributed by atoms with Crippen LogP contribution in [0.15, 0.2) is 28.9 Å². The van der Waals surface area contributed by atoms with Gasteiger partial charge in [0, 0.05) is 6.42 Å². The Labute approximate surface area is 97.0 Å². The fourth-order valence-electron chi connectivity index (χ4n) is 1.09. The maximum atomic E-state index is 10.2. The van der Waals surface area contributed by atoms with Crippen molar-refractivity contribution >= 4 is 28.0 Å². The van der Waals surface area contributed by atoms with Gasteiger partial charge in [-0.15, -0.1) is 0 Å². The predicted octanol–water partition coefficient (Wildman–Crippen LogP) is 3.11. The van der Waals surface area contributed by atoms with E-state index in [1.165, 1.54) is 0 Å². The second-order valence-corrected chi connectivity index (χ2v) is 3.89. The van der Waals surface area contributed by atoms with Crippen molar-refractivity contribution in [3.05, 3.63) is 34.6 Å². The molecule has 0 aliphatic heterocycles. The van der Waals surface area contributed by atoms with E-state index < -0.39 is 5.97 Å². The van der Waals surface area contributed by atoms with Gasteiger partial charge in [-0.1, -0.05) is 12.1 Å². The van der Waals surface area contributed by atoms with Crippen LogP contribution in [0.5, 0.6) is 0 Å². The number of carboxylic acid groups (broad SMARTS) is 1. The molecule has 0 amide bonds. The largest absolute Gasteiger partial charge is 0.481 e. The van der Waals surface area contributed by atoms with Crippen LogP contribution in [0.3, 0.4) is 0 Å². The molecule has 1 rings (SSSR count). The minimum absolute atomic E-state index is 0.219. The number of hydrogen-bond donors (Lipinski definition) is 1. The highest BCUT2D eigenvalue weighted by molar-refractivity contribution is 9.10. The van der Waals surface area contributed by atoms with Gasteiger partial charge >= 0.3 is 5.97 Å². The van der Waals surface area contributed by atoms with Crippen LogP contribution in [0.1, 0.15) is 25.0 Å². The lowest BCUT2D eigenvalue weighted by Crippen LogP contribution is -1.92. The average Bonchev–Trinajstić information content (AvgIpc) is 2.17. The highest BCUT2D eigenvalue weighted by Gasteiger charge is 1.94. The van der Waals surface area contributed by atoms with E-state index in [0.717, 1.165) is 16.7 Å². The molecule has 0 bridgehead atoms. The van der Waals surface area contributed by atoms with E-state index in [1.807, 2.05) is 30.4 Å². The second kappa shape index (κ2) is 6.35. The number of aliphatic carboxylic acids is 1. The number of rotatable bonds is 5. The fraction of sp³-hybridized carbons (Fsp3) is 0.273. The van der Waals surface area contributed by atoms with Gasteiger partial charge in [0.2, 0.25) is 0 Å². The number of hydrogen-bond acceptors (Lipinski definition) is 2. The molecule has 0 unspecified atom stereocenters. The van der Waals surface area contributed by atoms with E-state index in [1.54, 1.807) is 0 Å². The summed E-state index contributed by atoms with van der Waals surface area (Å²) >= 11 is 3.28. The van der Waals surface area contributed by atoms with Gasteiger partial charge in [-0.05, 0) is 47.0 Å². The van der Waals surface area contributed by atoms with Crippen LogP contribution in [0.25, 0.3) is 6.08 Å². The first-order valence-corrected chi connectivity index (χ1v) is 5.48. The van der Waals surface area contributed by atoms with Crippen molar-refractivity contribution in [1.82, 2.24) is 4.98 Å². The van der Waals surface area contributed by atoms with Crippen molar-refractivity contribution in [3.63, 3.8) is 0 Å². The third-order valence-electron chi connectivity index (χ3n) is 1.79. The molecule has 1 heterocycles. The van der Waals surface area contributed by atoms with Gasteiger partial charge in [-0.3, -0.25) is 4.79 Å². The van der Waals surface area contributed by atoms with Crippen LogP contribution in [-0.4, -0.2) is 16.1 Å². The lowest BCUT2D eigenvalue weighted by Gasteiger charge is -1.94. The van der Waals surface area contributed by atoms with Crippen LogP contribution in [0.4, 0.5) is 0 Å². The lowest BCUT2D eigenvalue weighted by atomic mass is 10.2. The third kappa shape index (κ3) is 5.32. The third-order valence-corrected chi connectivity index (χ3v) is 2.23. The normalized spacial score (nSPS) is 10.7. The number of nitrogens with zero attached hydrogens (tertiary/aromatic N) is 1. The number of halogens is 1. The summed E-state index contributed by atoms with van der Waals surface area (Å²) in [6.45, 7) is 0. The fourth-order valence-corrected chi connectivity index (χ4v) is 1.45. The maximum absolute atomic E-state index is 10.2. The van der Waals surface area contributed by atoms with E-state index in [0.29, 0.717) is 6.42 Å². The first-order chi connectivity index (χ1) is 7.18. The van der Waals surface area contributed by atoms with Gasteiger partial charge in [0.15, 0.2) is 0 Å². The van der Waals surface area contributed by atoms with E-state index in [2.05, 4.69) is 20.9 Å². The monoisotopic (exact) mass is 269 g/mol. The molecule has 80 valence electrons. The molecule has 0 aromatic carbocycles. The minimum Gasteiger partial charge on any atom is -0.481 e. The highest BCUT2D eigenvalue weighted by atomic mass is 79.9. The van der Waals surface area contributed by atoms with Crippen molar-refractivity contribution < 1.29 is 9.90 Å². The number of carboxylic acids is 1. The van der Waals surface area contributed by atoms with Crippen molar-refractivity contribution in [1.29, 1.82) is 0 Å². The first kappa shape index (κ1) is 11.9. The Morgan fingerprint density at radius 1 is 1.53 bits per heavy atom. The number of aromatic nitrogens is 1. The summed E-state index contributed by atoms with van der Waals surface area (Å²) in [5.41, 5.74) is 0.875. The van der Waals surface area contributed by atoms with Gasteiger partial charge in [-0.2, -0.15) is 0 Å². The topological polar surface area (TPSA) is 50.2 Å². The summed E-state index contributed by atoms with van der Waals surface area (Å²) in [4.78, 5) is 14.5. The summed E-state index contributed by atoms with van der Waals surface area (Å²) in [5.74, 6) is -0.746. The number of carbonyl (C=O) groups is 1. The molecule has 0 radical (unpaired) electrons. The molecule has 1 aromatic heterocycles. The number of unbranched alkanes of at least 4 members (excludes halogenated alkanes) is 1. The Morgan fingerprint density at radius 2 is 2.33 bits per heavy atom. The van der Waals surface area contributed by atoms with E-state index in [4.69, 9.17) is 5.11 Å². The van der Waals surface area contributed by atoms with Gasteiger partial charge in [0.25, 0.3) is 0 Å². The molecule has 0 saturated carbocycles. The van der Waals surface area contributed by atoms with Crippen molar-refractivity contribution in [2.24, 2.45) is 0 Å². The Kier molecular flexibility index (Phi) is 5.04. The molecule has 0 aliphatic rings. The smallest absolute Gasteiger partial charge is 0.303 e. The summed E-state index contributed by atoms with van der Waals surface area (Å²) in [6.07, 6.45) is 5.49. The lowest BCUT2D eigenvalue weighted by molar-refractivity contribution is -0.137. The van der Waals surface area contributed by atoms with Gasteiger partial charge in [0.05, 0.1) is 5.69 Å². The average molecular weight is 270 g/mol. The molecular formula is C11H12BrNO2. The summed E-state index contributed by atoms with van der Waals surface area (Å²) in [5, 5.41) is 8.42. The van der Waals surface area contributed by atoms with Crippen LogP contribution in [0, 0.1) is 0 Å². The zero-order valence-electron chi connectivity index (χ0n) is 8.19. The van der Waals surface area contributed by atoms with Crippen molar-refractivity contribution in [2.75, 3.05) is 0 Å². The number of allylic oxidation sites excluding steroid dienone is 1. The molecule has 0 spiro atoms. The van der Waals surface area contributed by atoms with Crippen LogP contribution >= 0.6 is 15.9 Å². The molecule has 1 aromatic rings. The van der Waals surface area contributed by atoms with E-state index in [9.17, 15) is 4.79 Å². The standard InChI is InChI=1S/C11H12BrNO2/c12-10-7-4-6-9(13-10)5-2-1-3-8-11(14)15/h2,4-7H,1,3,8H2,(H,14,15)/b5-2+. The summed E-state index contributed by atoms with van der Waals surface area (Å²) in [6, 6.07) is 5.67. The van der Waals surface area contributed by atoms with Crippen LogP contribution < -0.4 is 0 Å². The SMILES string of the molecule is O=C(O)CCC/C=C/c1cccc(Br)n1. The quantitative estimate of drug-likeness (QED) is 0.660. The molecule has 1 N–H and O–H groups in total. The Bertz CT molecular complexity index is 363. The summed E-state index contributed by atoms with van der Waals surface area (Å²) < 4.78 is 0.801. The molecule has 0 atom stereocenters. The number of pyridine rings is 1. The molecule has 4 heteroatoms. The van der Waals surface area contributed by atoms with Crippen LogP contribution in [0.2, 0.25) is 0 Å². The molecule has 0 aliphatic carbocycles. The first-order valence-electron chi connectivity index (χ1n) is 4.69. The maximum Gasteiger partial charge on any atom is 0.303 e. The van der Waals surface area contributed by atoms with E-state index >= 15 is 0 Å². The molecule has 3 nitrogen and oxygen atoms in total. The van der Waals surface area contributed by atoms with E-state index in [-0.39, 0.29) is 6.42 Å². The van der Waals surface area contributed by atoms with Gasteiger partial charge in [0.1, 0.15) is 4.60 Å².